The van der Waals surface area contributed by atoms with Crippen LogP contribution in [0.5, 0.6) is 0 Å². The number of fused-ring (bicyclic) bond motifs is 1. The molecule has 33 heavy (non-hydrogen) atoms. The molecule has 1 fully saturated rings. The number of carbonyl (C=O) groups is 2. The molecule has 8 heteroatoms. The lowest BCUT2D eigenvalue weighted by Gasteiger charge is -2.34. The number of nitrogen functional groups attached to an aromatic ring is 1. The number of amides is 2. The van der Waals surface area contributed by atoms with E-state index in [4.69, 9.17) is 5.73 Å². The number of piperazine rings is 1. The first kappa shape index (κ1) is 21.1. The van der Waals surface area contributed by atoms with Crippen LogP contribution in [-0.2, 0) is 13.1 Å². The van der Waals surface area contributed by atoms with Gasteiger partial charge in [0.2, 0.25) is 0 Å². The molecule has 3 N–H and O–H groups in total. The van der Waals surface area contributed by atoms with Gasteiger partial charge in [-0.15, -0.1) is 0 Å². The third-order valence-corrected chi connectivity index (χ3v) is 6.27. The van der Waals surface area contributed by atoms with Gasteiger partial charge in [0, 0.05) is 45.3 Å². The molecule has 2 aliphatic heterocycles. The van der Waals surface area contributed by atoms with E-state index < -0.39 is 17.4 Å². The van der Waals surface area contributed by atoms with Gasteiger partial charge in [0.15, 0.2) is 0 Å². The van der Waals surface area contributed by atoms with Gasteiger partial charge >= 0.3 is 0 Å². The predicted molar refractivity (Wildman–Crippen MR) is 125 cm³/mol. The molecule has 0 unspecified atom stereocenters. The minimum atomic E-state index is -0.592. The van der Waals surface area contributed by atoms with Gasteiger partial charge in [-0.1, -0.05) is 42.5 Å². The molecule has 1 saturated heterocycles. The highest BCUT2D eigenvalue weighted by Gasteiger charge is 2.31. The molecule has 0 atom stereocenters. The summed E-state index contributed by atoms with van der Waals surface area (Å²) >= 11 is 0. The highest BCUT2D eigenvalue weighted by Crippen LogP contribution is 2.23. The lowest BCUT2D eigenvalue weighted by Crippen LogP contribution is -2.45. The second kappa shape index (κ2) is 8.65. The summed E-state index contributed by atoms with van der Waals surface area (Å²) in [5.41, 5.74) is 8.78. The van der Waals surface area contributed by atoms with Crippen molar-refractivity contribution in [1.29, 1.82) is 0 Å². The number of rotatable bonds is 5. The van der Waals surface area contributed by atoms with E-state index in [9.17, 15) is 14.4 Å². The Morgan fingerprint density at radius 1 is 0.758 bits per heavy atom. The Morgan fingerprint density at radius 3 is 1.94 bits per heavy atom. The number of imide groups is 1. The fraction of sp³-hybridized carbons (Fsp3) is 0.240. The van der Waals surface area contributed by atoms with Crippen molar-refractivity contribution in [3.63, 3.8) is 0 Å². The Kier molecular flexibility index (Phi) is 5.53. The smallest absolute Gasteiger partial charge is 0.262 e. The molecule has 0 spiro atoms. The number of pyridine rings is 1. The van der Waals surface area contributed by atoms with E-state index in [1.807, 2.05) is 30.3 Å². The Bertz CT molecular complexity index is 1260. The van der Waals surface area contributed by atoms with Gasteiger partial charge in [0.05, 0.1) is 16.8 Å². The second-order valence-electron chi connectivity index (χ2n) is 8.48. The van der Waals surface area contributed by atoms with Gasteiger partial charge in [0.1, 0.15) is 5.82 Å². The van der Waals surface area contributed by atoms with E-state index in [2.05, 4.69) is 39.4 Å². The molecule has 1 aromatic heterocycles. The van der Waals surface area contributed by atoms with Gasteiger partial charge in [-0.05, 0) is 23.3 Å². The fourth-order valence-corrected chi connectivity index (χ4v) is 4.50. The van der Waals surface area contributed by atoms with Crippen LogP contribution in [0.3, 0.4) is 0 Å². The summed E-state index contributed by atoms with van der Waals surface area (Å²) in [7, 11) is 0. The minimum absolute atomic E-state index is 0.0249. The van der Waals surface area contributed by atoms with Crippen LogP contribution in [-0.4, -0.2) is 52.4 Å². The molecule has 3 aromatic rings. The monoisotopic (exact) mass is 443 g/mol. The van der Waals surface area contributed by atoms with Gasteiger partial charge in [0.25, 0.3) is 17.4 Å². The molecule has 8 nitrogen and oxygen atoms in total. The van der Waals surface area contributed by atoms with E-state index >= 15 is 0 Å². The molecule has 3 heterocycles. The molecule has 5 rings (SSSR count). The third-order valence-electron chi connectivity index (χ3n) is 6.27. The average molecular weight is 444 g/mol. The highest BCUT2D eigenvalue weighted by atomic mass is 16.2. The first-order chi connectivity index (χ1) is 16.0. The maximum atomic E-state index is 12.6. The molecule has 0 radical (unpaired) electrons. The number of aromatic nitrogens is 1. The molecule has 0 saturated carbocycles. The number of hydrogen-bond acceptors (Lipinski definition) is 6. The first-order valence-electron chi connectivity index (χ1n) is 11.0. The zero-order chi connectivity index (χ0) is 22.9. The number of nitrogens with two attached hydrogens (primary N) is 1. The Labute approximate surface area is 191 Å². The lowest BCUT2D eigenvalue weighted by atomic mass is 10.1. The van der Waals surface area contributed by atoms with Crippen molar-refractivity contribution in [2.24, 2.45) is 0 Å². The van der Waals surface area contributed by atoms with Gasteiger partial charge in [-0.2, -0.15) is 0 Å². The van der Waals surface area contributed by atoms with Crippen molar-refractivity contribution >= 4 is 17.6 Å². The van der Waals surface area contributed by atoms with Crippen LogP contribution in [0.4, 0.5) is 5.82 Å². The predicted octanol–water partition coefficient (Wildman–Crippen LogP) is 1.62. The topological polar surface area (TPSA) is 101 Å². The standard InChI is InChI=1S/C25H25N5O3/c26-23-22-20(24(32)27-25(22)33)14-21(31)30(23)19-8-6-18(7-9-19)16-29-12-10-28(11-13-29)15-17-4-2-1-3-5-17/h1-9,14H,10-13,15-16,26H2,(H,27,32,33). The Morgan fingerprint density at radius 2 is 1.33 bits per heavy atom. The maximum Gasteiger partial charge on any atom is 0.262 e. The summed E-state index contributed by atoms with van der Waals surface area (Å²) in [6.45, 7) is 5.84. The number of nitrogens with zero attached hydrogens (tertiary/aromatic N) is 3. The fourth-order valence-electron chi connectivity index (χ4n) is 4.50. The Balaban J connectivity index is 1.25. The summed E-state index contributed by atoms with van der Waals surface area (Å²) < 4.78 is 1.27. The molecule has 2 aliphatic rings. The second-order valence-corrected chi connectivity index (χ2v) is 8.48. The normalized spacial score (nSPS) is 16.6. The molecular weight excluding hydrogens is 418 g/mol. The van der Waals surface area contributed by atoms with Crippen LogP contribution >= 0.6 is 0 Å². The van der Waals surface area contributed by atoms with Gasteiger partial charge in [-0.25, -0.2) is 0 Å². The van der Waals surface area contributed by atoms with Crippen molar-refractivity contribution in [2.45, 2.75) is 13.1 Å². The summed E-state index contributed by atoms with van der Waals surface area (Å²) in [6.07, 6.45) is 0. The van der Waals surface area contributed by atoms with Crippen LogP contribution in [0.25, 0.3) is 5.69 Å². The van der Waals surface area contributed by atoms with E-state index in [0.29, 0.717) is 5.69 Å². The summed E-state index contributed by atoms with van der Waals surface area (Å²) in [5.74, 6) is -1.20. The van der Waals surface area contributed by atoms with Crippen molar-refractivity contribution in [1.82, 2.24) is 19.7 Å². The number of carbonyl (C=O) groups excluding carboxylic acids is 2. The van der Waals surface area contributed by atoms with E-state index in [-0.39, 0.29) is 16.9 Å². The van der Waals surface area contributed by atoms with Gasteiger partial charge in [-0.3, -0.25) is 34.1 Å². The third kappa shape index (κ3) is 4.18. The van der Waals surface area contributed by atoms with Crippen LogP contribution in [0.15, 0.2) is 65.5 Å². The molecule has 168 valence electrons. The SMILES string of the molecule is Nc1c2c(cc(=O)n1-c1ccc(CN3CCN(Cc4ccccc4)CC3)cc1)C(=O)NC2=O. The van der Waals surface area contributed by atoms with Crippen molar-refractivity contribution in [3.8, 4) is 5.69 Å². The van der Waals surface area contributed by atoms with Crippen LogP contribution in [0.2, 0.25) is 0 Å². The summed E-state index contributed by atoms with van der Waals surface area (Å²) in [5, 5.41) is 2.18. The summed E-state index contributed by atoms with van der Waals surface area (Å²) in [4.78, 5) is 41.4. The van der Waals surface area contributed by atoms with Crippen molar-refractivity contribution in [3.05, 3.63) is 93.3 Å². The van der Waals surface area contributed by atoms with E-state index in [1.165, 1.54) is 10.1 Å². The number of anilines is 1. The number of benzene rings is 2. The van der Waals surface area contributed by atoms with Crippen LogP contribution in [0, 0.1) is 0 Å². The average Bonchev–Trinajstić information content (AvgIpc) is 3.10. The molecule has 2 amide bonds. The molecule has 2 aromatic carbocycles. The maximum absolute atomic E-state index is 12.6. The number of hydrogen-bond donors (Lipinski definition) is 2. The number of nitrogens with one attached hydrogen (secondary N) is 1. The van der Waals surface area contributed by atoms with Crippen LogP contribution < -0.4 is 16.6 Å². The quantitative estimate of drug-likeness (QED) is 0.582. The molecule has 0 aliphatic carbocycles. The lowest BCUT2D eigenvalue weighted by molar-refractivity contribution is 0.0880. The minimum Gasteiger partial charge on any atom is -0.384 e. The van der Waals surface area contributed by atoms with E-state index in [0.717, 1.165) is 50.9 Å². The van der Waals surface area contributed by atoms with Gasteiger partial charge < -0.3 is 5.73 Å². The Hall–Kier alpha value is -3.75. The largest absolute Gasteiger partial charge is 0.384 e. The summed E-state index contributed by atoms with van der Waals surface area (Å²) in [6, 6.07) is 19.3. The van der Waals surface area contributed by atoms with Crippen LogP contribution in [0.1, 0.15) is 31.8 Å². The van der Waals surface area contributed by atoms with Crippen molar-refractivity contribution < 1.29 is 9.59 Å². The highest BCUT2D eigenvalue weighted by molar-refractivity contribution is 6.23. The first-order valence-corrected chi connectivity index (χ1v) is 11.0. The zero-order valence-electron chi connectivity index (χ0n) is 18.2. The molecular formula is C25H25N5O3. The van der Waals surface area contributed by atoms with Crippen molar-refractivity contribution in [2.75, 3.05) is 31.9 Å². The zero-order valence-corrected chi connectivity index (χ0v) is 18.2. The molecule has 0 bridgehead atoms. The van der Waals surface area contributed by atoms with E-state index in [1.54, 1.807) is 0 Å².